The molecule has 0 aromatic heterocycles. The molecule has 0 heterocycles. The number of unbranched alkanes of at least 4 members (excludes halogenated alkanes) is 1. The summed E-state index contributed by atoms with van der Waals surface area (Å²) in [5.74, 6) is -1.72. The van der Waals surface area contributed by atoms with E-state index in [-0.39, 0.29) is 34.5 Å². The van der Waals surface area contributed by atoms with E-state index in [0.717, 1.165) is 29.3 Å². The van der Waals surface area contributed by atoms with Crippen molar-refractivity contribution >= 4 is 50.7 Å². The van der Waals surface area contributed by atoms with Gasteiger partial charge in [0.1, 0.15) is 18.4 Å². The summed E-state index contributed by atoms with van der Waals surface area (Å²) in [6.45, 7) is 3.53. The number of nitrogens with zero attached hydrogens (tertiary/aromatic N) is 2. The molecule has 11 heteroatoms. The van der Waals surface area contributed by atoms with Gasteiger partial charge in [-0.05, 0) is 54.8 Å². The number of hydrogen-bond acceptors (Lipinski definition) is 4. The van der Waals surface area contributed by atoms with Gasteiger partial charge < -0.3 is 10.2 Å². The van der Waals surface area contributed by atoms with Crippen LogP contribution in [-0.4, -0.2) is 44.3 Å². The largest absolute Gasteiger partial charge is 0.354 e. The lowest BCUT2D eigenvalue weighted by molar-refractivity contribution is -0.140. The van der Waals surface area contributed by atoms with Gasteiger partial charge in [0, 0.05) is 18.1 Å². The number of halogens is 3. The van der Waals surface area contributed by atoms with E-state index in [2.05, 4.69) is 5.32 Å². The number of carbonyl (C=O) groups is 2. The molecule has 0 fully saturated rings. The lowest BCUT2D eigenvalue weighted by atomic mass is 10.1. The van der Waals surface area contributed by atoms with Crippen LogP contribution in [0.5, 0.6) is 0 Å². The van der Waals surface area contributed by atoms with Gasteiger partial charge in [0.2, 0.25) is 11.8 Å². The maximum atomic E-state index is 14.0. The average Bonchev–Trinajstić information content (AvgIpc) is 2.94. The van der Waals surface area contributed by atoms with Crippen molar-refractivity contribution in [2.45, 2.75) is 50.6 Å². The highest BCUT2D eigenvalue weighted by Crippen LogP contribution is 2.29. The number of anilines is 1. The van der Waals surface area contributed by atoms with Crippen LogP contribution in [0, 0.1) is 5.82 Å². The number of sulfonamides is 1. The van der Waals surface area contributed by atoms with Crippen LogP contribution >= 0.6 is 23.2 Å². The van der Waals surface area contributed by atoms with Gasteiger partial charge in [-0.15, -0.1) is 0 Å². The van der Waals surface area contributed by atoms with Crippen molar-refractivity contribution in [2.24, 2.45) is 0 Å². The quantitative estimate of drug-likeness (QED) is 0.240. The lowest BCUT2D eigenvalue weighted by Gasteiger charge is -2.33. The Morgan fingerprint density at radius 3 is 2.25 bits per heavy atom. The molecule has 0 unspecified atom stereocenters. The molecular formula is C29H32Cl2FN3O4S. The first-order valence-corrected chi connectivity index (χ1v) is 15.1. The molecule has 3 rings (SSSR count). The maximum absolute atomic E-state index is 14.0. The standard InChI is InChI=1S/C29H32Cl2FN3O4S/c1-3-5-17-33-29(37)27(4-2)34(19-21-11-9-10-14-24(21)30)28(36)20-35(22-15-16-26(32)25(31)18-22)40(38,39)23-12-7-6-8-13-23/h6-16,18,27H,3-5,17,19-20H2,1-2H3,(H,33,37)/t27-/m1/s1. The molecule has 0 saturated carbocycles. The Morgan fingerprint density at radius 1 is 0.950 bits per heavy atom. The summed E-state index contributed by atoms with van der Waals surface area (Å²) < 4.78 is 42.4. The van der Waals surface area contributed by atoms with Gasteiger partial charge in [0.05, 0.1) is 15.6 Å². The number of carbonyl (C=O) groups excluding carboxylic acids is 2. The third-order valence-corrected chi connectivity index (χ3v) is 8.76. The predicted molar refractivity (Wildman–Crippen MR) is 156 cm³/mol. The van der Waals surface area contributed by atoms with Gasteiger partial charge in [-0.1, -0.05) is 79.9 Å². The fourth-order valence-electron chi connectivity index (χ4n) is 4.12. The number of hydrogen-bond donors (Lipinski definition) is 1. The zero-order chi connectivity index (χ0) is 29.3. The number of rotatable bonds is 13. The molecule has 3 aromatic rings. The smallest absolute Gasteiger partial charge is 0.264 e. The van der Waals surface area contributed by atoms with E-state index >= 15 is 0 Å². The van der Waals surface area contributed by atoms with Crippen molar-refractivity contribution in [3.63, 3.8) is 0 Å². The van der Waals surface area contributed by atoms with Crippen molar-refractivity contribution in [1.82, 2.24) is 10.2 Å². The summed E-state index contributed by atoms with van der Waals surface area (Å²) in [7, 11) is -4.29. The van der Waals surface area contributed by atoms with Crippen LogP contribution < -0.4 is 9.62 Å². The summed E-state index contributed by atoms with van der Waals surface area (Å²) in [5.41, 5.74) is 0.598. The number of amides is 2. The molecule has 1 N–H and O–H groups in total. The summed E-state index contributed by atoms with van der Waals surface area (Å²) in [4.78, 5) is 28.5. The van der Waals surface area contributed by atoms with Crippen molar-refractivity contribution in [3.05, 3.63) is 94.2 Å². The van der Waals surface area contributed by atoms with Crippen LogP contribution in [0.4, 0.5) is 10.1 Å². The van der Waals surface area contributed by atoms with Crippen molar-refractivity contribution in [2.75, 3.05) is 17.4 Å². The average molecular weight is 609 g/mol. The third kappa shape index (κ3) is 7.74. The monoisotopic (exact) mass is 607 g/mol. The van der Waals surface area contributed by atoms with E-state index in [1.54, 1.807) is 49.4 Å². The fraction of sp³-hybridized carbons (Fsp3) is 0.310. The Balaban J connectivity index is 2.06. The molecule has 0 spiro atoms. The van der Waals surface area contributed by atoms with Crippen LogP contribution in [0.2, 0.25) is 10.0 Å². The Morgan fingerprint density at radius 2 is 1.62 bits per heavy atom. The second-order valence-electron chi connectivity index (χ2n) is 9.10. The topological polar surface area (TPSA) is 86.8 Å². The summed E-state index contributed by atoms with van der Waals surface area (Å²) in [5, 5.41) is 2.97. The molecule has 1 atom stereocenters. The molecule has 0 aliphatic rings. The predicted octanol–water partition coefficient (Wildman–Crippen LogP) is 6.05. The van der Waals surface area contributed by atoms with Crippen molar-refractivity contribution in [1.29, 1.82) is 0 Å². The molecule has 0 bridgehead atoms. The minimum Gasteiger partial charge on any atom is -0.354 e. The molecule has 0 aliphatic carbocycles. The second-order valence-corrected chi connectivity index (χ2v) is 11.8. The third-order valence-electron chi connectivity index (χ3n) is 6.32. The van der Waals surface area contributed by atoms with Crippen LogP contribution in [0.15, 0.2) is 77.7 Å². The second kappa shape index (κ2) is 14.5. The van der Waals surface area contributed by atoms with E-state index in [1.165, 1.54) is 23.1 Å². The SMILES string of the molecule is CCCCNC(=O)[C@@H](CC)N(Cc1ccccc1Cl)C(=O)CN(c1ccc(F)c(Cl)c1)S(=O)(=O)c1ccccc1. The molecule has 214 valence electrons. The molecule has 40 heavy (non-hydrogen) atoms. The Bertz CT molecular complexity index is 1420. The van der Waals surface area contributed by atoms with E-state index in [0.29, 0.717) is 17.1 Å². The Kier molecular flexibility index (Phi) is 11.4. The normalized spacial score (nSPS) is 12.0. The molecule has 0 aliphatic heterocycles. The molecule has 3 aromatic carbocycles. The van der Waals surface area contributed by atoms with Crippen molar-refractivity contribution in [3.8, 4) is 0 Å². The summed E-state index contributed by atoms with van der Waals surface area (Å²) >= 11 is 12.4. The minimum atomic E-state index is -4.29. The van der Waals surface area contributed by atoms with E-state index in [4.69, 9.17) is 23.2 Å². The van der Waals surface area contributed by atoms with Gasteiger partial charge >= 0.3 is 0 Å². The van der Waals surface area contributed by atoms with E-state index < -0.39 is 34.3 Å². The maximum Gasteiger partial charge on any atom is 0.264 e. The zero-order valence-electron chi connectivity index (χ0n) is 22.3. The Hall–Kier alpha value is -3.14. The highest BCUT2D eigenvalue weighted by molar-refractivity contribution is 7.92. The molecular weight excluding hydrogens is 576 g/mol. The first-order chi connectivity index (χ1) is 19.1. The minimum absolute atomic E-state index is 0.00161. The Labute approximate surface area is 244 Å². The lowest BCUT2D eigenvalue weighted by Crippen LogP contribution is -2.52. The van der Waals surface area contributed by atoms with Gasteiger partial charge in [-0.25, -0.2) is 12.8 Å². The van der Waals surface area contributed by atoms with Crippen molar-refractivity contribution < 1.29 is 22.4 Å². The molecule has 7 nitrogen and oxygen atoms in total. The van der Waals surface area contributed by atoms with E-state index in [9.17, 15) is 22.4 Å². The van der Waals surface area contributed by atoms with Crippen LogP contribution in [0.3, 0.4) is 0 Å². The van der Waals surface area contributed by atoms with Gasteiger partial charge in [0.15, 0.2) is 0 Å². The highest BCUT2D eigenvalue weighted by Gasteiger charge is 2.34. The van der Waals surface area contributed by atoms with Crippen LogP contribution in [0.25, 0.3) is 0 Å². The summed E-state index contributed by atoms with van der Waals surface area (Å²) in [6.07, 6.45) is 1.93. The zero-order valence-corrected chi connectivity index (χ0v) is 24.6. The first-order valence-electron chi connectivity index (χ1n) is 12.9. The van der Waals surface area contributed by atoms with Crippen LogP contribution in [0.1, 0.15) is 38.7 Å². The highest BCUT2D eigenvalue weighted by atomic mass is 35.5. The van der Waals surface area contributed by atoms with Gasteiger partial charge in [0.25, 0.3) is 10.0 Å². The van der Waals surface area contributed by atoms with E-state index in [1.807, 2.05) is 6.92 Å². The van der Waals surface area contributed by atoms with Gasteiger partial charge in [-0.2, -0.15) is 0 Å². The number of nitrogens with one attached hydrogen (secondary N) is 1. The summed E-state index contributed by atoms with van der Waals surface area (Å²) in [6, 6.07) is 17.0. The number of benzene rings is 3. The molecule has 0 radical (unpaired) electrons. The fourth-order valence-corrected chi connectivity index (χ4v) is 5.92. The first kappa shape index (κ1) is 31.4. The van der Waals surface area contributed by atoms with Gasteiger partial charge in [-0.3, -0.25) is 13.9 Å². The molecule has 2 amide bonds. The van der Waals surface area contributed by atoms with Crippen LogP contribution in [-0.2, 0) is 26.2 Å². The molecule has 0 saturated heterocycles.